The van der Waals surface area contributed by atoms with Crippen molar-refractivity contribution in [2.45, 2.75) is 30.6 Å². The second-order valence-electron chi connectivity index (χ2n) is 7.58. The molecule has 4 rings (SSSR count). The third-order valence-corrected chi connectivity index (χ3v) is 5.75. The lowest BCUT2D eigenvalue weighted by Gasteiger charge is -2.27. The average Bonchev–Trinajstić information content (AvgIpc) is 3.36. The Morgan fingerprint density at radius 3 is 2.68 bits per heavy atom. The van der Waals surface area contributed by atoms with Gasteiger partial charge in [0, 0.05) is 23.9 Å². The minimum absolute atomic E-state index is 0.0136. The van der Waals surface area contributed by atoms with E-state index < -0.39 is 11.7 Å². The summed E-state index contributed by atoms with van der Waals surface area (Å²) in [7, 11) is 0. The number of aromatic nitrogens is 2. The van der Waals surface area contributed by atoms with E-state index >= 15 is 8.78 Å². The summed E-state index contributed by atoms with van der Waals surface area (Å²) in [6.45, 7) is 3.05. The van der Waals surface area contributed by atoms with Crippen LogP contribution in [0.2, 0.25) is 0 Å². The molecule has 2 unspecified atom stereocenters. The molecule has 0 saturated carbocycles. The number of anilines is 3. The van der Waals surface area contributed by atoms with E-state index in [2.05, 4.69) is 33.2 Å². The zero-order valence-electron chi connectivity index (χ0n) is 16.9. The number of nitrogens with one attached hydrogen (secondary N) is 1. The van der Waals surface area contributed by atoms with E-state index in [9.17, 15) is 0 Å². The van der Waals surface area contributed by atoms with Gasteiger partial charge in [-0.3, -0.25) is 9.95 Å². The van der Waals surface area contributed by atoms with Gasteiger partial charge in [0.1, 0.15) is 11.7 Å². The summed E-state index contributed by atoms with van der Waals surface area (Å²) < 4.78 is 30.7. The minimum Gasteiger partial charge on any atom is -0.393 e. The summed E-state index contributed by atoms with van der Waals surface area (Å²) in [4.78, 5) is 15.0. The zero-order chi connectivity index (χ0) is 22.2. The summed E-state index contributed by atoms with van der Waals surface area (Å²) >= 11 is 4.49. The predicted molar refractivity (Wildman–Crippen MR) is 118 cm³/mol. The lowest BCUT2D eigenvalue weighted by Crippen LogP contribution is -2.46. The van der Waals surface area contributed by atoms with Crippen LogP contribution < -0.4 is 27.0 Å². The van der Waals surface area contributed by atoms with E-state index in [1.54, 1.807) is 13.0 Å². The van der Waals surface area contributed by atoms with Crippen LogP contribution in [0.25, 0.3) is 0 Å². The highest BCUT2D eigenvalue weighted by Gasteiger charge is 2.40. The smallest absolute Gasteiger partial charge is 0.331 e. The molecule has 0 amide bonds. The number of nitrogen functional groups attached to an aromatic ring is 1. The first kappa shape index (κ1) is 21.5. The van der Waals surface area contributed by atoms with Crippen LogP contribution in [0.4, 0.5) is 26.1 Å². The Balaban J connectivity index is 1.76. The van der Waals surface area contributed by atoms with Gasteiger partial charge in [0.05, 0.1) is 12.3 Å². The van der Waals surface area contributed by atoms with Gasteiger partial charge in [-0.1, -0.05) is 35.5 Å². The Hall–Kier alpha value is -2.70. The molecule has 2 atom stereocenters. The number of nitrogens with zero attached hydrogens (tertiary/aromatic N) is 5. The molecule has 5 N–H and O–H groups in total. The molecule has 0 spiro atoms. The van der Waals surface area contributed by atoms with E-state index in [4.69, 9.17) is 16.5 Å². The maximum absolute atomic E-state index is 15.4. The molecule has 2 aliphatic rings. The number of hydrogen-bond donors (Lipinski definition) is 4. The first-order chi connectivity index (χ1) is 14.8. The summed E-state index contributed by atoms with van der Waals surface area (Å²) in [5.74, 6) is 2.35. The second kappa shape index (κ2) is 8.44. The van der Waals surface area contributed by atoms with Gasteiger partial charge >= 0.3 is 5.92 Å². The largest absolute Gasteiger partial charge is 0.393 e. The number of hydroxylamine groups is 1. The fourth-order valence-electron chi connectivity index (χ4n) is 3.52. The number of hydrazine groups is 1. The Morgan fingerprint density at radius 1 is 1.32 bits per heavy atom. The van der Waals surface area contributed by atoms with Gasteiger partial charge in [-0.05, 0) is 13.3 Å². The summed E-state index contributed by atoms with van der Waals surface area (Å²) in [5, 5.41) is 5.11. The van der Waals surface area contributed by atoms with Gasteiger partial charge in [0.25, 0.3) is 0 Å². The van der Waals surface area contributed by atoms with Crippen LogP contribution in [0.15, 0.2) is 35.5 Å². The predicted octanol–water partition coefficient (Wildman–Crippen LogP) is 1.67. The SMILES string of the molecule is CC1=NONC1CN(N)c1nc(C(F)(F)c2ccccc2)nc(N2CCC(S)C2)c1N. The average molecular weight is 451 g/mol. The molecule has 1 aromatic heterocycles. The molecule has 0 aliphatic carbocycles. The quantitative estimate of drug-likeness (QED) is 0.298. The lowest BCUT2D eigenvalue weighted by molar-refractivity contribution is 0.0330. The van der Waals surface area contributed by atoms with Crippen molar-refractivity contribution in [3.63, 3.8) is 0 Å². The van der Waals surface area contributed by atoms with Crippen LogP contribution in [0, 0.1) is 0 Å². The molecular weight excluding hydrogens is 426 g/mol. The van der Waals surface area contributed by atoms with Crippen molar-refractivity contribution in [2.75, 3.05) is 35.3 Å². The minimum atomic E-state index is -3.44. The maximum atomic E-state index is 15.4. The second-order valence-corrected chi connectivity index (χ2v) is 8.31. The van der Waals surface area contributed by atoms with Crippen molar-refractivity contribution < 1.29 is 13.7 Å². The van der Waals surface area contributed by atoms with Crippen LogP contribution in [-0.4, -0.2) is 46.6 Å². The number of benzene rings is 1. The third-order valence-electron chi connectivity index (χ3n) is 5.33. The number of rotatable bonds is 6. The van der Waals surface area contributed by atoms with E-state index in [1.807, 2.05) is 4.90 Å². The van der Waals surface area contributed by atoms with Crippen molar-refractivity contribution in [3.05, 3.63) is 41.7 Å². The topological polar surface area (TPSA) is 118 Å². The van der Waals surface area contributed by atoms with Gasteiger partial charge in [0.15, 0.2) is 11.6 Å². The number of nitrogens with two attached hydrogens (primary N) is 2. The van der Waals surface area contributed by atoms with Gasteiger partial charge in [0.2, 0.25) is 5.82 Å². The first-order valence-corrected chi connectivity index (χ1v) is 10.3. The molecule has 1 saturated heterocycles. The van der Waals surface area contributed by atoms with Crippen LogP contribution in [0.5, 0.6) is 0 Å². The summed E-state index contributed by atoms with van der Waals surface area (Å²) in [6, 6.07) is 7.07. The molecule has 2 aliphatic heterocycles. The highest BCUT2D eigenvalue weighted by molar-refractivity contribution is 7.81. The van der Waals surface area contributed by atoms with Gasteiger partial charge in [-0.25, -0.2) is 15.8 Å². The van der Waals surface area contributed by atoms with E-state index in [0.717, 1.165) is 6.42 Å². The molecule has 1 fully saturated rings. The Bertz CT molecular complexity index is 977. The van der Waals surface area contributed by atoms with Gasteiger partial charge < -0.3 is 10.6 Å². The Morgan fingerprint density at radius 2 is 2.06 bits per heavy atom. The van der Waals surface area contributed by atoms with E-state index in [1.165, 1.54) is 29.3 Å². The van der Waals surface area contributed by atoms with E-state index in [0.29, 0.717) is 18.8 Å². The van der Waals surface area contributed by atoms with Crippen molar-refractivity contribution in [1.29, 1.82) is 0 Å². The first-order valence-electron chi connectivity index (χ1n) is 9.80. The highest BCUT2D eigenvalue weighted by Crippen LogP contribution is 2.39. The molecule has 12 heteroatoms. The highest BCUT2D eigenvalue weighted by atomic mass is 32.1. The van der Waals surface area contributed by atoms with E-state index in [-0.39, 0.29) is 40.7 Å². The zero-order valence-corrected chi connectivity index (χ0v) is 17.8. The lowest BCUT2D eigenvalue weighted by atomic mass is 10.1. The fourth-order valence-corrected chi connectivity index (χ4v) is 3.83. The van der Waals surface area contributed by atoms with Crippen molar-refractivity contribution in [3.8, 4) is 0 Å². The molecule has 2 aromatic rings. The van der Waals surface area contributed by atoms with Crippen molar-refractivity contribution in [1.82, 2.24) is 15.4 Å². The molecule has 3 heterocycles. The Labute approximate surface area is 183 Å². The third kappa shape index (κ3) is 4.23. The number of hydrogen-bond acceptors (Lipinski definition) is 10. The number of alkyl halides is 2. The summed E-state index contributed by atoms with van der Waals surface area (Å²) in [6.07, 6.45) is 0.789. The Kier molecular flexibility index (Phi) is 5.86. The van der Waals surface area contributed by atoms with Crippen LogP contribution in [0.3, 0.4) is 0 Å². The summed E-state index contributed by atoms with van der Waals surface area (Å²) in [5.41, 5.74) is 9.60. The number of thiol groups is 1. The normalized spacial score (nSPS) is 21.2. The monoisotopic (exact) mass is 450 g/mol. The van der Waals surface area contributed by atoms with Crippen molar-refractivity contribution in [2.24, 2.45) is 11.0 Å². The molecule has 166 valence electrons. The standard InChI is InChI=1S/C19H24F2N8OS/c1-11-14(27-30-26-11)10-29(23)17-15(22)16(28-8-7-13(31)9-28)24-18(25-17)19(20,21)12-5-3-2-4-6-12/h2-6,13-14,27,31H,7-10,22-23H2,1H3. The number of halogens is 2. The van der Waals surface area contributed by atoms with Crippen LogP contribution >= 0.6 is 12.6 Å². The van der Waals surface area contributed by atoms with Gasteiger partial charge in [-0.15, -0.1) is 5.48 Å². The van der Waals surface area contributed by atoms with Crippen molar-refractivity contribution >= 4 is 35.7 Å². The van der Waals surface area contributed by atoms with Crippen LogP contribution in [-0.2, 0) is 10.9 Å². The molecule has 0 radical (unpaired) electrons. The molecular formula is C19H24F2N8OS. The van der Waals surface area contributed by atoms with Gasteiger partial charge in [-0.2, -0.15) is 21.4 Å². The fraction of sp³-hybridized carbons (Fsp3) is 0.421. The number of oxime groups is 1. The molecule has 31 heavy (non-hydrogen) atoms. The maximum Gasteiger partial charge on any atom is 0.331 e. The molecule has 1 aromatic carbocycles. The van der Waals surface area contributed by atoms with Crippen LogP contribution in [0.1, 0.15) is 24.7 Å². The molecule has 9 nitrogen and oxygen atoms in total. The molecule has 0 bridgehead atoms.